The molecule has 0 radical (unpaired) electrons. The summed E-state index contributed by atoms with van der Waals surface area (Å²) in [6.07, 6.45) is -3.24. The van der Waals surface area contributed by atoms with E-state index in [9.17, 15) is 13.2 Å². The number of hydrogen-bond acceptors (Lipinski definition) is 2. The topological polar surface area (TPSA) is 18.5 Å². The van der Waals surface area contributed by atoms with E-state index in [4.69, 9.17) is 9.47 Å². The third kappa shape index (κ3) is 1.25. The molecule has 0 aliphatic carbocycles. The van der Waals surface area contributed by atoms with E-state index in [0.717, 1.165) is 0 Å². The fraction of sp³-hybridized carbons (Fsp3) is 1.00. The zero-order chi connectivity index (χ0) is 9.74. The maximum atomic E-state index is 12.6. The first-order valence-electron chi connectivity index (χ1n) is 4.28. The monoisotopic (exact) mass is 196 g/mol. The largest absolute Gasteiger partial charge is 0.419 e. The van der Waals surface area contributed by atoms with E-state index in [1.165, 1.54) is 0 Å². The van der Waals surface area contributed by atoms with Crippen molar-refractivity contribution in [2.75, 3.05) is 6.61 Å². The SMILES string of the molecule is C[C@]12CCC[C@](C(F)(F)F)(CO1)O2. The Balaban J connectivity index is 2.26. The molecule has 13 heavy (non-hydrogen) atoms. The highest BCUT2D eigenvalue weighted by Crippen LogP contribution is 2.50. The second-order valence-corrected chi connectivity index (χ2v) is 3.87. The summed E-state index contributed by atoms with van der Waals surface area (Å²) in [4.78, 5) is 0. The van der Waals surface area contributed by atoms with Crippen LogP contribution in [-0.4, -0.2) is 24.2 Å². The Hall–Kier alpha value is -0.290. The summed E-state index contributed by atoms with van der Waals surface area (Å²) in [5, 5.41) is 0. The fourth-order valence-corrected chi connectivity index (χ4v) is 1.96. The van der Waals surface area contributed by atoms with Gasteiger partial charge >= 0.3 is 6.18 Å². The minimum Gasteiger partial charge on any atom is -0.347 e. The molecule has 5 heteroatoms. The minimum absolute atomic E-state index is 0.0199. The van der Waals surface area contributed by atoms with Gasteiger partial charge in [0.05, 0.1) is 6.61 Å². The number of fused-ring (bicyclic) bond motifs is 2. The molecular formula is C8H11F3O2. The smallest absolute Gasteiger partial charge is 0.347 e. The average molecular weight is 196 g/mol. The van der Waals surface area contributed by atoms with Crippen LogP contribution in [0.1, 0.15) is 26.2 Å². The Labute approximate surface area is 74.0 Å². The van der Waals surface area contributed by atoms with Crippen LogP contribution in [0.4, 0.5) is 13.2 Å². The summed E-state index contributed by atoms with van der Waals surface area (Å²) in [5.74, 6) is -1.01. The lowest BCUT2D eigenvalue weighted by atomic mass is 9.93. The van der Waals surface area contributed by atoms with E-state index in [1.807, 2.05) is 0 Å². The second-order valence-electron chi connectivity index (χ2n) is 3.87. The van der Waals surface area contributed by atoms with Crippen LogP contribution in [0.2, 0.25) is 0 Å². The van der Waals surface area contributed by atoms with Crippen molar-refractivity contribution >= 4 is 0 Å². The summed E-state index contributed by atoms with van der Waals surface area (Å²) in [6, 6.07) is 0. The highest BCUT2D eigenvalue weighted by molar-refractivity contribution is 4.98. The van der Waals surface area contributed by atoms with Crippen molar-refractivity contribution in [1.82, 2.24) is 0 Å². The van der Waals surface area contributed by atoms with Crippen molar-refractivity contribution in [3.63, 3.8) is 0 Å². The Bertz CT molecular complexity index is 228. The van der Waals surface area contributed by atoms with E-state index in [1.54, 1.807) is 6.92 Å². The predicted octanol–water partition coefficient (Wildman–Crippen LogP) is 2.23. The van der Waals surface area contributed by atoms with Crippen LogP contribution in [0.5, 0.6) is 0 Å². The van der Waals surface area contributed by atoms with Gasteiger partial charge in [0.2, 0.25) is 0 Å². The van der Waals surface area contributed by atoms with Gasteiger partial charge in [-0.3, -0.25) is 0 Å². The molecule has 2 nitrogen and oxygen atoms in total. The molecule has 0 aromatic rings. The third-order valence-electron chi connectivity index (χ3n) is 2.75. The molecule has 2 rings (SSSR count). The summed E-state index contributed by atoms with van der Waals surface area (Å²) < 4.78 is 47.8. The van der Waals surface area contributed by atoms with Crippen LogP contribution in [-0.2, 0) is 9.47 Å². The maximum absolute atomic E-state index is 12.6. The molecule has 0 saturated carbocycles. The summed E-state index contributed by atoms with van der Waals surface area (Å²) >= 11 is 0. The average Bonchev–Trinajstić information content (AvgIpc) is 2.22. The molecule has 0 spiro atoms. The molecule has 2 atom stereocenters. The second kappa shape index (κ2) is 2.39. The van der Waals surface area contributed by atoms with E-state index in [0.29, 0.717) is 12.8 Å². The first-order chi connectivity index (χ1) is 5.87. The maximum Gasteiger partial charge on any atom is 0.419 e. The molecule has 0 unspecified atom stereocenters. The Morgan fingerprint density at radius 2 is 1.92 bits per heavy atom. The Morgan fingerprint density at radius 3 is 2.46 bits per heavy atom. The lowest BCUT2D eigenvalue weighted by molar-refractivity contribution is -0.303. The molecule has 0 aromatic carbocycles. The van der Waals surface area contributed by atoms with Gasteiger partial charge in [-0.05, 0) is 19.8 Å². The van der Waals surface area contributed by atoms with E-state index in [2.05, 4.69) is 0 Å². The number of rotatable bonds is 0. The van der Waals surface area contributed by atoms with Gasteiger partial charge in [0.25, 0.3) is 0 Å². The van der Waals surface area contributed by atoms with Crippen LogP contribution < -0.4 is 0 Å². The lowest BCUT2D eigenvalue weighted by Crippen LogP contribution is -2.51. The van der Waals surface area contributed by atoms with Crippen LogP contribution in [0, 0.1) is 0 Å². The molecule has 2 bridgehead atoms. The predicted molar refractivity (Wildman–Crippen MR) is 38.1 cm³/mol. The molecule has 0 amide bonds. The zero-order valence-electron chi connectivity index (χ0n) is 7.28. The molecule has 2 aliphatic heterocycles. The van der Waals surface area contributed by atoms with Gasteiger partial charge < -0.3 is 9.47 Å². The van der Waals surface area contributed by atoms with Gasteiger partial charge in [0.15, 0.2) is 11.4 Å². The first kappa shape index (κ1) is 9.27. The van der Waals surface area contributed by atoms with Gasteiger partial charge in [-0.15, -0.1) is 0 Å². The molecule has 2 heterocycles. The van der Waals surface area contributed by atoms with Gasteiger partial charge in [0, 0.05) is 6.42 Å². The molecule has 2 fully saturated rings. The van der Waals surface area contributed by atoms with Crippen molar-refractivity contribution in [2.24, 2.45) is 0 Å². The number of alkyl halides is 3. The molecule has 0 N–H and O–H groups in total. The normalized spacial score (nSPS) is 45.2. The quantitative estimate of drug-likeness (QED) is 0.591. The van der Waals surface area contributed by atoms with Gasteiger partial charge in [-0.2, -0.15) is 13.2 Å². The number of halogens is 3. The van der Waals surface area contributed by atoms with E-state index >= 15 is 0 Å². The van der Waals surface area contributed by atoms with Crippen molar-refractivity contribution < 1.29 is 22.6 Å². The van der Waals surface area contributed by atoms with Crippen molar-refractivity contribution in [3.05, 3.63) is 0 Å². The van der Waals surface area contributed by atoms with Crippen LogP contribution in [0.3, 0.4) is 0 Å². The Kier molecular flexibility index (Phi) is 1.70. The molecule has 76 valence electrons. The van der Waals surface area contributed by atoms with Gasteiger partial charge in [-0.25, -0.2) is 0 Å². The van der Waals surface area contributed by atoms with E-state index in [-0.39, 0.29) is 13.0 Å². The highest BCUT2D eigenvalue weighted by atomic mass is 19.4. The Morgan fingerprint density at radius 1 is 1.23 bits per heavy atom. The van der Waals surface area contributed by atoms with Crippen molar-refractivity contribution in [1.29, 1.82) is 0 Å². The lowest BCUT2D eigenvalue weighted by Gasteiger charge is -2.36. The molecular weight excluding hydrogens is 185 g/mol. The first-order valence-corrected chi connectivity index (χ1v) is 4.28. The van der Waals surface area contributed by atoms with Crippen molar-refractivity contribution in [2.45, 2.75) is 43.8 Å². The summed E-state index contributed by atoms with van der Waals surface area (Å²) in [7, 11) is 0. The minimum atomic E-state index is -4.31. The fourth-order valence-electron chi connectivity index (χ4n) is 1.96. The third-order valence-corrected chi connectivity index (χ3v) is 2.75. The van der Waals surface area contributed by atoms with Crippen LogP contribution in [0.15, 0.2) is 0 Å². The van der Waals surface area contributed by atoms with Crippen LogP contribution >= 0.6 is 0 Å². The molecule has 0 aromatic heterocycles. The van der Waals surface area contributed by atoms with Gasteiger partial charge in [0.1, 0.15) is 0 Å². The summed E-state index contributed by atoms with van der Waals surface area (Å²) in [5.41, 5.74) is -2.03. The standard InChI is InChI=1S/C8H11F3O2/c1-6-3-2-4-7(13-6,5-12-6)8(9,10)11/h2-5H2,1H3/t6-,7+/m0/s1. The van der Waals surface area contributed by atoms with E-state index < -0.39 is 17.6 Å². The summed E-state index contributed by atoms with van der Waals surface area (Å²) in [6.45, 7) is 1.21. The zero-order valence-corrected chi connectivity index (χ0v) is 7.28. The molecule has 2 saturated heterocycles. The van der Waals surface area contributed by atoms with Crippen molar-refractivity contribution in [3.8, 4) is 0 Å². The highest BCUT2D eigenvalue weighted by Gasteiger charge is 2.65. The van der Waals surface area contributed by atoms with Gasteiger partial charge in [-0.1, -0.05) is 0 Å². The number of hydrogen-bond donors (Lipinski definition) is 0. The molecule has 2 aliphatic rings. The number of ether oxygens (including phenoxy) is 2. The van der Waals surface area contributed by atoms with Crippen LogP contribution in [0.25, 0.3) is 0 Å².